The number of hydrogen-bond donors (Lipinski definition) is 0. The van der Waals surface area contributed by atoms with Crippen molar-refractivity contribution in [3.63, 3.8) is 0 Å². The van der Waals surface area contributed by atoms with Gasteiger partial charge in [0.1, 0.15) is 17.5 Å². The molecule has 1 aromatic carbocycles. The number of benzene rings is 1. The highest BCUT2D eigenvalue weighted by molar-refractivity contribution is 7.86. The molecule has 9 nitrogen and oxygen atoms in total. The molecule has 11 heteroatoms. The Kier molecular flexibility index (Phi) is 7.99. The molecule has 1 aromatic rings. The number of carbonyl (C=O) groups excluding carboxylic acids is 1. The number of carbonyl (C=O) groups is 1. The van der Waals surface area contributed by atoms with Gasteiger partial charge in [0.05, 0.1) is 30.5 Å². The van der Waals surface area contributed by atoms with E-state index in [4.69, 9.17) is 13.3 Å². The number of fused-ring (bicyclic) bond motifs is 1. The quantitative estimate of drug-likeness (QED) is 0.385. The molecule has 1 saturated heterocycles. The number of hydrogen-bond acceptors (Lipinski definition) is 8. The summed E-state index contributed by atoms with van der Waals surface area (Å²) in [6.45, 7) is 16.9. The van der Waals surface area contributed by atoms with E-state index in [9.17, 15) is 18.5 Å². The zero-order valence-electron chi connectivity index (χ0n) is 22.6. The fourth-order valence-electron chi connectivity index (χ4n) is 4.38. The maximum absolute atomic E-state index is 13.5. The van der Waals surface area contributed by atoms with Crippen LogP contribution in [0.25, 0.3) is 0 Å². The van der Waals surface area contributed by atoms with Gasteiger partial charge in [-0.15, -0.1) is 0 Å². The van der Waals surface area contributed by atoms with Crippen molar-refractivity contribution >= 4 is 24.3 Å². The summed E-state index contributed by atoms with van der Waals surface area (Å²) in [5.74, 6) is 0.377. The predicted octanol–water partition coefficient (Wildman–Crippen LogP) is 3.28. The standard InChI is InChI=1S/C25H39N3O6SSi/c1-24(2,3)36(7,8)32-14-13-27-11-12-28(21(29)17-27)22-19-15-18(16-26)9-10-20(19)33-25(4,5)23(22)34-35(6,30)31/h9-10,15,22-23H,11-14,17H2,1-8H3/t22-,23+/m1/s1. The van der Waals surface area contributed by atoms with Gasteiger partial charge in [0.25, 0.3) is 10.1 Å². The maximum Gasteiger partial charge on any atom is 0.264 e. The van der Waals surface area contributed by atoms with E-state index in [-0.39, 0.29) is 17.5 Å². The van der Waals surface area contributed by atoms with Gasteiger partial charge in [-0.2, -0.15) is 13.7 Å². The highest BCUT2D eigenvalue weighted by Crippen LogP contribution is 2.45. The monoisotopic (exact) mass is 537 g/mol. The topological polar surface area (TPSA) is 109 Å². The first-order valence-corrected chi connectivity index (χ1v) is 16.9. The molecule has 3 rings (SSSR count). The van der Waals surface area contributed by atoms with Gasteiger partial charge in [-0.1, -0.05) is 20.8 Å². The fourth-order valence-corrected chi connectivity index (χ4v) is 6.13. The molecule has 0 aromatic heterocycles. The second-order valence-corrected chi connectivity index (χ2v) is 18.1. The van der Waals surface area contributed by atoms with Crippen LogP contribution in [0.2, 0.25) is 18.1 Å². The van der Waals surface area contributed by atoms with E-state index in [1.807, 2.05) is 0 Å². The summed E-state index contributed by atoms with van der Waals surface area (Å²) < 4.78 is 42.3. The largest absolute Gasteiger partial charge is 0.485 e. The molecule has 0 bridgehead atoms. The second-order valence-electron chi connectivity index (χ2n) is 11.7. The molecule has 2 aliphatic rings. The fraction of sp³-hybridized carbons (Fsp3) is 0.680. The number of piperazine rings is 1. The van der Waals surface area contributed by atoms with Gasteiger partial charge in [-0.05, 0) is 50.2 Å². The second kappa shape index (κ2) is 10.1. The van der Waals surface area contributed by atoms with Crippen LogP contribution >= 0.6 is 0 Å². The molecular formula is C25H39N3O6SSi. The molecule has 0 aliphatic carbocycles. The third-order valence-electron chi connectivity index (χ3n) is 7.43. The molecular weight excluding hydrogens is 498 g/mol. The molecule has 1 amide bonds. The van der Waals surface area contributed by atoms with Gasteiger partial charge in [0.2, 0.25) is 5.91 Å². The molecule has 200 valence electrons. The molecule has 0 N–H and O–H groups in total. The van der Waals surface area contributed by atoms with E-state index in [0.717, 1.165) is 6.26 Å². The van der Waals surface area contributed by atoms with E-state index in [0.29, 0.717) is 43.1 Å². The normalized spacial score (nSPS) is 23.1. The summed E-state index contributed by atoms with van der Waals surface area (Å²) in [6, 6.07) is 6.38. The van der Waals surface area contributed by atoms with Crippen molar-refractivity contribution in [3.8, 4) is 11.8 Å². The minimum Gasteiger partial charge on any atom is -0.485 e. The van der Waals surface area contributed by atoms with Crippen LogP contribution in [0.3, 0.4) is 0 Å². The van der Waals surface area contributed by atoms with Crippen molar-refractivity contribution in [2.45, 2.75) is 70.5 Å². The highest BCUT2D eigenvalue weighted by Gasteiger charge is 2.51. The zero-order valence-corrected chi connectivity index (χ0v) is 24.4. The van der Waals surface area contributed by atoms with Crippen molar-refractivity contribution in [1.29, 1.82) is 5.26 Å². The van der Waals surface area contributed by atoms with Crippen LogP contribution in [0.15, 0.2) is 18.2 Å². The summed E-state index contributed by atoms with van der Waals surface area (Å²) in [5.41, 5.74) is -0.0670. The smallest absolute Gasteiger partial charge is 0.264 e. The Morgan fingerprint density at radius 2 is 1.92 bits per heavy atom. The molecule has 0 spiro atoms. The molecule has 0 saturated carbocycles. The van der Waals surface area contributed by atoms with Crippen LogP contribution in [-0.2, 0) is 23.5 Å². The van der Waals surface area contributed by atoms with Gasteiger partial charge in [-0.25, -0.2) is 0 Å². The first-order chi connectivity index (χ1) is 16.4. The summed E-state index contributed by atoms with van der Waals surface area (Å²) in [4.78, 5) is 17.2. The number of rotatable bonds is 7. The number of ether oxygens (including phenoxy) is 1. The SMILES string of the molecule is CC1(C)Oc2ccc(C#N)cc2[C@@H](N2CCN(CCO[Si](C)(C)C(C)(C)C)CC2=O)[C@@H]1OS(C)(=O)=O. The molecule has 1 fully saturated rings. The van der Waals surface area contributed by atoms with Crippen molar-refractivity contribution in [2.24, 2.45) is 0 Å². The Labute approximate surface area is 216 Å². The molecule has 2 atom stereocenters. The van der Waals surface area contributed by atoms with Gasteiger partial charge in [0, 0.05) is 31.8 Å². The van der Waals surface area contributed by atoms with Crippen LogP contribution in [0, 0.1) is 11.3 Å². The lowest BCUT2D eigenvalue weighted by molar-refractivity contribution is -0.148. The Morgan fingerprint density at radius 3 is 2.47 bits per heavy atom. The number of nitriles is 1. The lowest BCUT2D eigenvalue weighted by Crippen LogP contribution is -2.60. The molecule has 36 heavy (non-hydrogen) atoms. The van der Waals surface area contributed by atoms with E-state index in [1.165, 1.54) is 0 Å². The average molecular weight is 538 g/mol. The van der Waals surface area contributed by atoms with E-state index < -0.39 is 36.2 Å². The Hall–Kier alpha value is -1.97. The number of nitrogens with zero attached hydrogens (tertiary/aromatic N) is 3. The highest BCUT2D eigenvalue weighted by atomic mass is 32.2. The van der Waals surface area contributed by atoms with E-state index in [1.54, 1.807) is 36.9 Å². The molecule has 0 radical (unpaired) electrons. The molecule has 2 aliphatic heterocycles. The van der Waals surface area contributed by atoms with Crippen LogP contribution in [-0.4, -0.2) is 83.2 Å². The average Bonchev–Trinajstić information content (AvgIpc) is 2.73. The third kappa shape index (κ3) is 6.29. The minimum atomic E-state index is -3.86. The van der Waals surface area contributed by atoms with Crippen LogP contribution < -0.4 is 4.74 Å². The molecule has 0 unspecified atom stereocenters. The lowest BCUT2D eigenvalue weighted by Gasteiger charge is -2.49. The number of amides is 1. The van der Waals surface area contributed by atoms with Crippen LogP contribution in [0.5, 0.6) is 5.75 Å². The van der Waals surface area contributed by atoms with Crippen molar-refractivity contribution in [2.75, 3.05) is 39.0 Å². The van der Waals surface area contributed by atoms with E-state index >= 15 is 0 Å². The predicted molar refractivity (Wildman–Crippen MR) is 140 cm³/mol. The maximum atomic E-state index is 13.5. The van der Waals surface area contributed by atoms with Gasteiger partial charge in [0.15, 0.2) is 8.32 Å². The van der Waals surface area contributed by atoms with Gasteiger partial charge in [-0.3, -0.25) is 13.9 Å². The first kappa shape index (κ1) is 28.6. The Bertz CT molecular complexity index is 1140. The summed E-state index contributed by atoms with van der Waals surface area (Å²) in [7, 11) is -5.74. The summed E-state index contributed by atoms with van der Waals surface area (Å²) >= 11 is 0. The zero-order chi connectivity index (χ0) is 27.1. The Morgan fingerprint density at radius 1 is 1.25 bits per heavy atom. The Balaban J connectivity index is 1.84. The van der Waals surface area contributed by atoms with Crippen molar-refractivity contribution in [3.05, 3.63) is 29.3 Å². The molecule has 2 heterocycles. The van der Waals surface area contributed by atoms with Crippen molar-refractivity contribution < 1.29 is 26.6 Å². The van der Waals surface area contributed by atoms with Crippen LogP contribution in [0.4, 0.5) is 0 Å². The lowest BCUT2D eigenvalue weighted by atomic mass is 9.84. The van der Waals surface area contributed by atoms with Gasteiger partial charge < -0.3 is 14.1 Å². The van der Waals surface area contributed by atoms with Crippen molar-refractivity contribution in [1.82, 2.24) is 9.80 Å². The van der Waals surface area contributed by atoms with E-state index in [2.05, 4.69) is 44.8 Å². The summed E-state index contributed by atoms with van der Waals surface area (Å²) in [5, 5.41) is 9.57. The summed E-state index contributed by atoms with van der Waals surface area (Å²) in [6.07, 6.45) is 0.00937. The first-order valence-electron chi connectivity index (χ1n) is 12.2. The van der Waals surface area contributed by atoms with Crippen LogP contribution in [0.1, 0.15) is 51.8 Å². The third-order valence-corrected chi connectivity index (χ3v) is 12.5. The minimum absolute atomic E-state index is 0.113. The van der Waals surface area contributed by atoms with Gasteiger partial charge >= 0.3 is 0 Å².